The first kappa shape index (κ1) is 39.7. The van der Waals surface area contributed by atoms with Crippen LogP contribution in [0.4, 0.5) is 0 Å². The third-order valence-electron chi connectivity index (χ3n) is 8.88. The molecule has 0 unspecified atom stereocenters. The first-order chi connectivity index (χ1) is 25.4. The molecule has 54 heavy (non-hydrogen) atoms. The van der Waals surface area contributed by atoms with Gasteiger partial charge in [0.05, 0.1) is 11.0 Å². The molecule has 8 aromatic rings. The molecule has 0 aliphatic carbocycles. The molecule has 270 valence electrons. The van der Waals surface area contributed by atoms with Gasteiger partial charge in [0.25, 0.3) is 0 Å². The van der Waals surface area contributed by atoms with Gasteiger partial charge in [0, 0.05) is 22.3 Å². The van der Waals surface area contributed by atoms with Gasteiger partial charge in [-0.15, -0.1) is 71.8 Å². The number of hydrogen-bond donors (Lipinski definition) is 0. The Morgan fingerprint density at radius 3 is 1.19 bits per heavy atom. The summed E-state index contributed by atoms with van der Waals surface area (Å²) in [5.41, 5.74) is 5.19. The van der Waals surface area contributed by atoms with Crippen LogP contribution in [-0.4, -0.2) is 21.5 Å². The monoisotopic (exact) mass is 884 g/mol. The van der Waals surface area contributed by atoms with Crippen LogP contribution in [0.3, 0.4) is 0 Å². The van der Waals surface area contributed by atoms with Gasteiger partial charge in [-0.2, -0.15) is 0 Å². The topological polar surface area (TPSA) is 59.9 Å². The standard InChI is InChI=1S/2C19H12N.C11H19O2.Ir/c2*1-2-7-15(8-3-1)18-13-12-16-11-10-14-6-4-5-9-17(14)19(16)20-18;1-10(2,3)8(12)7-9(13)11(4,5)6;/h2*1-7,9-13H;7H,1-6H3;/q3*-1;+3. The van der Waals surface area contributed by atoms with Gasteiger partial charge in [0.15, 0.2) is 0 Å². The number of Topliss-reactive ketones (excluding diaryl/α,β-unsaturated/α-hetero) is 2. The molecule has 0 radical (unpaired) electrons. The smallest absolute Gasteiger partial charge is 0.333 e. The Kier molecular flexibility index (Phi) is 12.6. The van der Waals surface area contributed by atoms with Gasteiger partial charge in [-0.1, -0.05) is 139 Å². The summed E-state index contributed by atoms with van der Waals surface area (Å²) in [6.07, 6.45) is 1.22. The number of fused-ring (bicyclic) bond motifs is 6. The number of aromatic nitrogens is 2. The van der Waals surface area contributed by atoms with Crippen molar-refractivity contribution in [2.45, 2.75) is 41.5 Å². The molecule has 4 nitrogen and oxygen atoms in total. The molecule has 0 spiro atoms. The quantitative estimate of drug-likeness (QED) is 0.100. The predicted molar refractivity (Wildman–Crippen MR) is 220 cm³/mol. The molecule has 0 fully saturated rings. The molecular formula is C49H43IrN2O2. The normalized spacial score (nSPS) is 11.1. The van der Waals surface area contributed by atoms with Gasteiger partial charge in [0.2, 0.25) is 0 Å². The summed E-state index contributed by atoms with van der Waals surface area (Å²) in [5, 5.41) is 7.18. The second-order valence-corrected chi connectivity index (χ2v) is 15.0. The summed E-state index contributed by atoms with van der Waals surface area (Å²) in [6, 6.07) is 56.0. The molecule has 0 N–H and O–H groups in total. The van der Waals surface area contributed by atoms with E-state index in [1.54, 1.807) is 0 Å². The molecular weight excluding hydrogens is 841 g/mol. The minimum atomic E-state index is -0.457. The van der Waals surface area contributed by atoms with Crippen LogP contribution in [0.25, 0.3) is 65.9 Å². The second-order valence-electron chi connectivity index (χ2n) is 15.0. The van der Waals surface area contributed by atoms with Crippen LogP contribution < -0.4 is 0 Å². The fourth-order valence-electron chi connectivity index (χ4n) is 5.67. The number of carbonyl (C=O) groups is 2. The summed E-state index contributed by atoms with van der Waals surface area (Å²) in [6.45, 7) is 10.8. The Morgan fingerprint density at radius 2 is 0.815 bits per heavy atom. The maximum Gasteiger partial charge on any atom is 3.00 e. The van der Waals surface area contributed by atoms with Gasteiger partial charge in [0.1, 0.15) is 0 Å². The number of ketones is 2. The first-order valence-corrected chi connectivity index (χ1v) is 17.8. The van der Waals surface area contributed by atoms with Gasteiger partial charge in [-0.3, -0.25) is 16.4 Å². The molecule has 0 bridgehead atoms. The molecule has 0 saturated heterocycles. The fourth-order valence-corrected chi connectivity index (χ4v) is 5.67. The van der Waals surface area contributed by atoms with Crippen molar-refractivity contribution in [3.63, 3.8) is 0 Å². The van der Waals surface area contributed by atoms with Crippen LogP contribution in [0.2, 0.25) is 0 Å². The van der Waals surface area contributed by atoms with Crippen LogP contribution in [0.1, 0.15) is 41.5 Å². The van der Waals surface area contributed by atoms with Crippen LogP contribution in [0, 0.1) is 29.4 Å². The molecule has 0 amide bonds. The minimum absolute atomic E-state index is 0. The summed E-state index contributed by atoms with van der Waals surface area (Å²) in [7, 11) is 0. The van der Waals surface area contributed by atoms with E-state index in [4.69, 9.17) is 9.97 Å². The average molecular weight is 884 g/mol. The van der Waals surface area contributed by atoms with E-state index in [1.165, 1.54) is 38.7 Å². The average Bonchev–Trinajstić information content (AvgIpc) is 3.18. The Labute approximate surface area is 332 Å². The molecule has 2 aromatic heterocycles. The first-order valence-electron chi connectivity index (χ1n) is 17.8. The zero-order valence-corrected chi connectivity index (χ0v) is 33.9. The van der Waals surface area contributed by atoms with Crippen LogP contribution in [0.5, 0.6) is 0 Å². The van der Waals surface area contributed by atoms with Gasteiger partial charge >= 0.3 is 20.1 Å². The van der Waals surface area contributed by atoms with Crippen molar-refractivity contribution in [2.75, 3.05) is 0 Å². The van der Waals surface area contributed by atoms with Crippen molar-refractivity contribution in [1.29, 1.82) is 0 Å². The zero-order valence-electron chi connectivity index (χ0n) is 31.5. The second kappa shape index (κ2) is 17.1. The number of rotatable bonds is 4. The Morgan fingerprint density at radius 1 is 0.463 bits per heavy atom. The predicted octanol–water partition coefficient (Wildman–Crippen LogP) is 12.1. The van der Waals surface area contributed by atoms with Gasteiger partial charge in [-0.05, 0) is 43.8 Å². The van der Waals surface area contributed by atoms with Crippen molar-refractivity contribution in [3.8, 4) is 22.5 Å². The maximum atomic E-state index is 11.4. The molecule has 2 heterocycles. The van der Waals surface area contributed by atoms with Crippen molar-refractivity contribution in [1.82, 2.24) is 9.97 Å². The number of hydrogen-bond acceptors (Lipinski definition) is 4. The molecule has 0 saturated carbocycles. The molecule has 5 heteroatoms. The van der Waals surface area contributed by atoms with E-state index in [1.807, 2.05) is 90.1 Å². The zero-order chi connectivity index (χ0) is 37.6. The Hall–Kier alpha value is -5.48. The van der Waals surface area contributed by atoms with Crippen LogP contribution in [0.15, 0.2) is 146 Å². The molecule has 0 aliphatic heterocycles. The van der Waals surface area contributed by atoms with E-state index in [2.05, 4.69) is 109 Å². The van der Waals surface area contributed by atoms with Gasteiger partial charge < -0.3 is 9.59 Å². The maximum absolute atomic E-state index is 11.4. The molecule has 0 aliphatic rings. The van der Waals surface area contributed by atoms with E-state index in [0.29, 0.717) is 0 Å². The van der Waals surface area contributed by atoms with E-state index in [9.17, 15) is 9.59 Å². The Bertz CT molecular complexity index is 2350. The third kappa shape index (κ3) is 9.54. The molecule has 6 aromatic carbocycles. The SMILES string of the molecule is CC(C)(C)C(=O)[CH-]C(=O)C(C)(C)C.[Ir+3].[c-]1ccccc1-c1ccc2ccc3ccccc3c2n1.[c-]1ccccc1-c1ccc2ccc3ccccc3c2n1. The van der Waals surface area contributed by atoms with Crippen LogP contribution in [-0.2, 0) is 29.7 Å². The van der Waals surface area contributed by atoms with E-state index in [0.717, 1.165) is 33.5 Å². The summed E-state index contributed by atoms with van der Waals surface area (Å²) in [5.74, 6) is -0.208. The van der Waals surface area contributed by atoms with Crippen molar-refractivity contribution < 1.29 is 29.7 Å². The number of pyridine rings is 2. The molecule has 8 rings (SSSR count). The number of nitrogens with zero attached hydrogens (tertiary/aromatic N) is 2. The van der Waals surface area contributed by atoms with Crippen molar-refractivity contribution in [3.05, 3.63) is 164 Å². The van der Waals surface area contributed by atoms with Gasteiger partial charge in [-0.25, -0.2) is 0 Å². The summed E-state index contributed by atoms with van der Waals surface area (Å²) < 4.78 is 0. The van der Waals surface area contributed by atoms with Crippen molar-refractivity contribution in [2.24, 2.45) is 10.8 Å². The van der Waals surface area contributed by atoms with E-state index < -0.39 is 10.8 Å². The van der Waals surface area contributed by atoms with Crippen LogP contribution >= 0.6 is 0 Å². The van der Waals surface area contributed by atoms with E-state index in [-0.39, 0.29) is 31.7 Å². The summed E-state index contributed by atoms with van der Waals surface area (Å²) >= 11 is 0. The van der Waals surface area contributed by atoms with E-state index >= 15 is 0 Å². The van der Waals surface area contributed by atoms with Crippen molar-refractivity contribution >= 4 is 54.9 Å². The number of benzene rings is 6. The fraction of sp³-hybridized carbons (Fsp3) is 0.163. The third-order valence-corrected chi connectivity index (χ3v) is 8.88. The molecule has 0 atom stereocenters. The minimum Gasteiger partial charge on any atom is -0.333 e. The summed E-state index contributed by atoms with van der Waals surface area (Å²) in [4.78, 5) is 32.6. The Balaban J connectivity index is 0.000000159. The largest absolute Gasteiger partial charge is 3.00 e. The number of carbonyl (C=O) groups excluding carboxylic acids is 2.